The SMILES string of the molecule is CC(=O)Oc1cccc([Si])c1OC(C)=O. The first-order valence-corrected chi connectivity index (χ1v) is 4.72. The molecular weight excluding hydrogens is 212 g/mol. The third-order valence-corrected chi connectivity index (χ3v) is 1.87. The van der Waals surface area contributed by atoms with Gasteiger partial charge in [-0.3, -0.25) is 9.59 Å². The van der Waals surface area contributed by atoms with Gasteiger partial charge in [0.15, 0.2) is 11.5 Å². The molecule has 0 saturated carbocycles. The molecule has 0 aliphatic heterocycles. The van der Waals surface area contributed by atoms with E-state index in [9.17, 15) is 9.59 Å². The monoisotopic (exact) mass is 221 g/mol. The molecule has 5 heteroatoms. The number of carbonyl (C=O) groups excluding carboxylic acids is 2. The van der Waals surface area contributed by atoms with Crippen LogP contribution in [0.4, 0.5) is 0 Å². The maximum Gasteiger partial charge on any atom is 0.308 e. The Balaban J connectivity index is 3.08. The predicted octanol–water partition coefficient (Wildman–Crippen LogP) is 0.331. The Bertz CT molecular complexity index is 400. The van der Waals surface area contributed by atoms with E-state index in [4.69, 9.17) is 9.47 Å². The molecule has 3 radical (unpaired) electrons. The van der Waals surface area contributed by atoms with E-state index in [1.54, 1.807) is 18.2 Å². The van der Waals surface area contributed by atoms with Crippen LogP contribution < -0.4 is 14.7 Å². The van der Waals surface area contributed by atoms with Crippen molar-refractivity contribution in [1.82, 2.24) is 0 Å². The lowest BCUT2D eigenvalue weighted by Crippen LogP contribution is -2.15. The second-order valence-corrected chi connectivity index (χ2v) is 3.36. The number of hydrogen-bond donors (Lipinski definition) is 0. The number of hydrogen-bond acceptors (Lipinski definition) is 4. The van der Waals surface area contributed by atoms with Gasteiger partial charge in [0.1, 0.15) is 0 Å². The van der Waals surface area contributed by atoms with Crippen molar-refractivity contribution in [3.8, 4) is 11.5 Å². The van der Waals surface area contributed by atoms with Gasteiger partial charge < -0.3 is 9.47 Å². The van der Waals surface area contributed by atoms with Gasteiger partial charge in [0.05, 0.1) is 10.2 Å². The molecule has 77 valence electrons. The van der Waals surface area contributed by atoms with Crippen LogP contribution in [0.1, 0.15) is 13.8 Å². The highest BCUT2D eigenvalue weighted by atomic mass is 28.1. The van der Waals surface area contributed by atoms with Crippen LogP contribution in [-0.2, 0) is 9.59 Å². The van der Waals surface area contributed by atoms with Crippen molar-refractivity contribution in [2.45, 2.75) is 13.8 Å². The van der Waals surface area contributed by atoms with E-state index in [0.717, 1.165) is 0 Å². The highest BCUT2D eigenvalue weighted by molar-refractivity contribution is 6.34. The summed E-state index contributed by atoms with van der Waals surface area (Å²) in [5.41, 5.74) is 0. The molecule has 15 heavy (non-hydrogen) atoms. The zero-order chi connectivity index (χ0) is 11.4. The van der Waals surface area contributed by atoms with E-state index in [1.807, 2.05) is 0 Å². The van der Waals surface area contributed by atoms with Gasteiger partial charge in [-0.1, -0.05) is 12.1 Å². The molecule has 0 bridgehead atoms. The molecule has 0 N–H and O–H groups in total. The minimum Gasteiger partial charge on any atom is -0.423 e. The van der Waals surface area contributed by atoms with E-state index < -0.39 is 11.9 Å². The van der Waals surface area contributed by atoms with Crippen LogP contribution in [0.25, 0.3) is 0 Å². The average Bonchev–Trinajstić information content (AvgIpc) is 2.09. The zero-order valence-corrected chi connectivity index (χ0v) is 9.37. The van der Waals surface area contributed by atoms with Gasteiger partial charge in [0, 0.05) is 13.8 Å². The maximum atomic E-state index is 10.8. The summed E-state index contributed by atoms with van der Waals surface area (Å²) < 4.78 is 9.79. The van der Waals surface area contributed by atoms with Crippen LogP contribution in [0.3, 0.4) is 0 Å². The molecular formula is C10H9O4Si. The van der Waals surface area contributed by atoms with E-state index in [1.165, 1.54) is 13.8 Å². The Hall–Kier alpha value is -1.62. The van der Waals surface area contributed by atoms with Crippen molar-refractivity contribution in [3.63, 3.8) is 0 Å². The van der Waals surface area contributed by atoms with Crippen molar-refractivity contribution in [2.24, 2.45) is 0 Å². The molecule has 0 aliphatic carbocycles. The zero-order valence-electron chi connectivity index (χ0n) is 8.37. The topological polar surface area (TPSA) is 52.6 Å². The van der Waals surface area contributed by atoms with E-state index in [2.05, 4.69) is 10.2 Å². The standard InChI is InChI=1S/C10H9O4Si/c1-6(11)13-8-4-3-5-9(15)10(8)14-7(2)12/h3-5H,1-2H3. The molecule has 0 atom stereocenters. The maximum absolute atomic E-state index is 10.8. The number of esters is 2. The lowest BCUT2D eigenvalue weighted by molar-refractivity contribution is -0.134. The van der Waals surface area contributed by atoms with Gasteiger partial charge in [-0.2, -0.15) is 0 Å². The van der Waals surface area contributed by atoms with Crippen molar-refractivity contribution < 1.29 is 19.1 Å². The second kappa shape index (κ2) is 4.74. The highest BCUT2D eigenvalue weighted by Gasteiger charge is 2.11. The fourth-order valence-corrected chi connectivity index (χ4v) is 1.27. The third-order valence-electron chi connectivity index (χ3n) is 1.48. The Morgan fingerprint density at radius 3 is 2.27 bits per heavy atom. The molecule has 0 spiro atoms. The van der Waals surface area contributed by atoms with Gasteiger partial charge in [0.25, 0.3) is 0 Å². The van der Waals surface area contributed by atoms with Crippen LogP contribution in [0.5, 0.6) is 11.5 Å². The molecule has 0 aliphatic rings. The number of benzene rings is 1. The van der Waals surface area contributed by atoms with Crippen LogP contribution in [0.15, 0.2) is 18.2 Å². The largest absolute Gasteiger partial charge is 0.423 e. The minimum atomic E-state index is -0.478. The van der Waals surface area contributed by atoms with Crippen LogP contribution in [-0.4, -0.2) is 22.2 Å². The first-order valence-electron chi connectivity index (χ1n) is 4.22. The second-order valence-electron chi connectivity index (χ2n) is 2.82. The summed E-state index contributed by atoms with van der Waals surface area (Å²) in [6.45, 7) is 2.55. The Labute approximate surface area is 90.6 Å². The smallest absolute Gasteiger partial charge is 0.308 e. The first-order chi connectivity index (χ1) is 7.00. The fraction of sp³-hybridized carbons (Fsp3) is 0.200. The van der Waals surface area contributed by atoms with Crippen molar-refractivity contribution in [2.75, 3.05) is 0 Å². The minimum absolute atomic E-state index is 0.205. The first kappa shape index (κ1) is 11.5. The quantitative estimate of drug-likeness (QED) is 0.410. The summed E-state index contributed by atoms with van der Waals surface area (Å²) in [7, 11) is 3.25. The van der Waals surface area contributed by atoms with Crippen molar-refractivity contribution in [3.05, 3.63) is 18.2 Å². The van der Waals surface area contributed by atoms with E-state index in [0.29, 0.717) is 5.19 Å². The summed E-state index contributed by atoms with van der Waals surface area (Å²) >= 11 is 0. The summed E-state index contributed by atoms with van der Waals surface area (Å²) in [5.74, 6) is -0.531. The molecule has 4 nitrogen and oxygen atoms in total. The van der Waals surface area contributed by atoms with Gasteiger partial charge in [-0.25, -0.2) is 0 Å². The van der Waals surface area contributed by atoms with E-state index in [-0.39, 0.29) is 11.5 Å². The number of para-hydroxylation sites is 1. The number of carbonyl (C=O) groups is 2. The lowest BCUT2D eigenvalue weighted by atomic mass is 10.3. The molecule has 0 saturated heterocycles. The number of ether oxygens (including phenoxy) is 2. The van der Waals surface area contributed by atoms with Gasteiger partial charge in [0.2, 0.25) is 0 Å². The lowest BCUT2D eigenvalue weighted by Gasteiger charge is -2.10. The molecule has 1 aromatic carbocycles. The van der Waals surface area contributed by atoms with Crippen LogP contribution in [0, 0.1) is 0 Å². The van der Waals surface area contributed by atoms with Crippen molar-refractivity contribution >= 4 is 27.4 Å². The van der Waals surface area contributed by atoms with Gasteiger partial charge in [-0.05, 0) is 11.3 Å². The summed E-state index contributed by atoms with van der Waals surface area (Å²) in [6.07, 6.45) is 0. The molecule has 1 rings (SSSR count). The van der Waals surface area contributed by atoms with Gasteiger partial charge >= 0.3 is 11.9 Å². The molecule has 0 fully saturated rings. The van der Waals surface area contributed by atoms with Crippen LogP contribution >= 0.6 is 0 Å². The molecule has 0 amide bonds. The third kappa shape index (κ3) is 3.21. The molecule has 0 unspecified atom stereocenters. The fourth-order valence-electron chi connectivity index (χ4n) is 1.00. The van der Waals surface area contributed by atoms with Crippen LogP contribution in [0.2, 0.25) is 0 Å². The van der Waals surface area contributed by atoms with Crippen molar-refractivity contribution in [1.29, 1.82) is 0 Å². The molecule has 0 aromatic heterocycles. The summed E-state index contributed by atoms with van der Waals surface area (Å²) in [5, 5.41) is 0.545. The normalized spacial score (nSPS) is 9.53. The Morgan fingerprint density at radius 2 is 1.73 bits per heavy atom. The highest BCUT2D eigenvalue weighted by Crippen LogP contribution is 2.24. The summed E-state index contributed by atoms with van der Waals surface area (Å²) in [6, 6.07) is 4.90. The van der Waals surface area contributed by atoms with Gasteiger partial charge in [-0.15, -0.1) is 0 Å². The average molecular weight is 221 g/mol. The number of rotatable bonds is 2. The summed E-state index contributed by atoms with van der Waals surface area (Å²) in [4.78, 5) is 21.6. The Morgan fingerprint density at radius 1 is 1.13 bits per heavy atom. The Kier molecular flexibility index (Phi) is 3.62. The predicted molar refractivity (Wildman–Crippen MR) is 54.4 cm³/mol. The van der Waals surface area contributed by atoms with E-state index >= 15 is 0 Å². The molecule has 0 heterocycles. The molecule has 1 aromatic rings.